The number of carbonyl (C=O) groups is 1. The number of hydrogen-bond acceptors (Lipinski definition) is 3. The van der Waals surface area contributed by atoms with Crippen molar-refractivity contribution in [1.82, 2.24) is 10.2 Å². The highest BCUT2D eigenvalue weighted by molar-refractivity contribution is 7.08. The van der Waals surface area contributed by atoms with Gasteiger partial charge in [0.1, 0.15) is 5.82 Å². The maximum atomic E-state index is 11.8. The normalized spacial score (nSPS) is 10.3. The summed E-state index contributed by atoms with van der Waals surface area (Å²) < 4.78 is 0. The highest BCUT2D eigenvalue weighted by Crippen LogP contribution is 2.16. The summed E-state index contributed by atoms with van der Waals surface area (Å²) in [5.74, 6) is 0.562. The fourth-order valence-corrected chi connectivity index (χ4v) is 2.08. The minimum Gasteiger partial charge on any atom is -0.307 e. The van der Waals surface area contributed by atoms with Crippen LogP contribution in [0.3, 0.4) is 0 Å². The number of thiophene rings is 1. The van der Waals surface area contributed by atoms with Crippen molar-refractivity contribution in [2.24, 2.45) is 0 Å². The summed E-state index contributed by atoms with van der Waals surface area (Å²) in [6, 6.07) is 0. The number of nitrogens with zero attached hydrogens (tertiary/aromatic N) is 1. The first-order valence-electron chi connectivity index (χ1n) is 4.52. The van der Waals surface area contributed by atoms with Crippen LogP contribution in [0.1, 0.15) is 21.5 Å². The van der Waals surface area contributed by atoms with Crippen molar-refractivity contribution in [3.63, 3.8) is 0 Å². The van der Waals surface area contributed by atoms with Crippen molar-refractivity contribution >= 4 is 23.1 Å². The van der Waals surface area contributed by atoms with E-state index in [0.29, 0.717) is 11.4 Å². The van der Waals surface area contributed by atoms with E-state index < -0.39 is 0 Å². The van der Waals surface area contributed by atoms with Gasteiger partial charge in [-0.25, -0.2) is 0 Å². The molecular weight excluding hydrogens is 210 g/mol. The van der Waals surface area contributed by atoms with Gasteiger partial charge in [-0.3, -0.25) is 9.89 Å². The van der Waals surface area contributed by atoms with Crippen molar-refractivity contribution in [2.45, 2.75) is 13.8 Å². The zero-order valence-electron chi connectivity index (χ0n) is 8.50. The molecule has 0 unspecified atom stereocenters. The van der Waals surface area contributed by atoms with Crippen LogP contribution in [0.15, 0.2) is 17.0 Å². The third kappa shape index (κ3) is 1.92. The molecule has 0 saturated carbocycles. The van der Waals surface area contributed by atoms with Gasteiger partial charge in [0, 0.05) is 10.9 Å². The van der Waals surface area contributed by atoms with Crippen molar-refractivity contribution in [3.8, 4) is 0 Å². The third-order valence-corrected chi connectivity index (χ3v) is 3.03. The van der Waals surface area contributed by atoms with Crippen LogP contribution in [0.4, 0.5) is 5.82 Å². The van der Waals surface area contributed by atoms with Crippen LogP contribution >= 0.6 is 11.3 Å². The molecule has 2 heterocycles. The highest BCUT2D eigenvalue weighted by Gasteiger charge is 2.11. The number of aromatic amines is 1. The van der Waals surface area contributed by atoms with Gasteiger partial charge >= 0.3 is 0 Å². The summed E-state index contributed by atoms with van der Waals surface area (Å²) in [4.78, 5) is 11.8. The SMILES string of the molecule is Cc1cscc1C(=O)Nc1[nH]ncc1C. The Morgan fingerprint density at radius 3 is 2.73 bits per heavy atom. The molecule has 0 aliphatic heterocycles. The molecule has 5 heteroatoms. The predicted molar refractivity (Wildman–Crippen MR) is 60.3 cm³/mol. The Bertz CT molecular complexity index is 486. The summed E-state index contributed by atoms with van der Waals surface area (Å²) in [5.41, 5.74) is 2.64. The third-order valence-electron chi connectivity index (χ3n) is 2.17. The van der Waals surface area contributed by atoms with Gasteiger partial charge in [-0.05, 0) is 24.8 Å². The lowest BCUT2D eigenvalue weighted by molar-refractivity contribution is 0.102. The fourth-order valence-electron chi connectivity index (χ4n) is 1.25. The Morgan fingerprint density at radius 1 is 1.40 bits per heavy atom. The first-order valence-corrected chi connectivity index (χ1v) is 5.47. The van der Waals surface area contributed by atoms with Crippen molar-refractivity contribution < 1.29 is 4.79 Å². The second-order valence-corrected chi connectivity index (χ2v) is 4.09. The molecule has 0 radical (unpaired) electrons. The van der Waals surface area contributed by atoms with Crippen molar-refractivity contribution in [3.05, 3.63) is 33.6 Å². The molecule has 1 amide bonds. The number of hydrogen-bond donors (Lipinski definition) is 2. The molecule has 4 nitrogen and oxygen atoms in total. The minimum absolute atomic E-state index is 0.0962. The van der Waals surface area contributed by atoms with E-state index in [1.165, 1.54) is 11.3 Å². The lowest BCUT2D eigenvalue weighted by Gasteiger charge is -2.02. The molecule has 0 aliphatic rings. The molecular formula is C10H11N3OS. The maximum Gasteiger partial charge on any atom is 0.257 e. The predicted octanol–water partition coefficient (Wildman–Crippen LogP) is 2.34. The summed E-state index contributed by atoms with van der Waals surface area (Å²) in [5, 5.41) is 13.2. The molecule has 0 atom stereocenters. The molecule has 2 aromatic heterocycles. The summed E-state index contributed by atoms with van der Waals surface area (Å²) >= 11 is 1.52. The Kier molecular flexibility index (Phi) is 2.55. The molecule has 0 spiro atoms. The van der Waals surface area contributed by atoms with Crippen molar-refractivity contribution in [1.29, 1.82) is 0 Å². The van der Waals surface area contributed by atoms with Crippen LogP contribution in [-0.4, -0.2) is 16.1 Å². The number of H-pyrrole nitrogens is 1. The van der Waals surface area contributed by atoms with Crippen LogP contribution in [0, 0.1) is 13.8 Å². The van der Waals surface area contributed by atoms with Gasteiger partial charge in [-0.15, -0.1) is 0 Å². The average molecular weight is 221 g/mol. The van der Waals surface area contributed by atoms with E-state index in [-0.39, 0.29) is 5.91 Å². The Labute approximate surface area is 91.3 Å². The van der Waals surface area contributed by atoms with Crippen LogP contribution in [0.5, 0.6) is 0 Å². The standard InChI is InChI=1S/C10H11N3OS/c1-6-3-11-13-9(6)12-10(14)8-5-15-4-7(8)2/h3-5H,1-2H3,(H2,11,12,13,14). The maximum absolute atomic E-state index is 11.8. The number of nitrogens with one attached hydrogen (secondary N) is 2. The minimum atomic E-state index is -0.0962. The lowest BCUT2D eigenvalue weighted by Crippen LogP contribution is -2.13. The van der Waals surface area contributed by atoms with Gasteiger partial charge in [0.05, 0.1) is 11.8 Å². The van der Waals surface area contributed by atoms with Gasteiger partial charge in [-0.2, -0.15) is 16.4 Å². The first-order chi connectivity index (χ1) is 7.18. The molecule has 0 bridgehead atoms. The van der Waals surface area contributed by atoms with Crippen LogP contribution < -0.4 is 5.32 Å². The van der Waals surface area contributed by atoms with Gasteiger partial charge < -0.3 is 5.32 Å². The largest absolute Gasteiger partial charge is 0.307 e. The van der Waals surface area contributed by atoms with E-state index in [4.69, 9.17) is 0 Å². The molecule has 2 aromatic rings. The Hall–Kier alpha value is -1.62. The topological polar surface area (TPSA) is 57.8 Å². The zero-order valence-corrected chi connectivity index (χ0v) is 9.31. The lowest BCUT2D eigenvalue weighted by atomic mass is 10.2. The Morgan fingerprint density at radius 2 is 2.20 bits per heavy atom. The summed E-state index contributed by atoms with van der Waals surface area (Å²) in [7, 11) is 0. The Balaban J connectivity index is 2.18. The molecule has 0 aliphatic carbocycles. The van der Waals surface area contributed by atoms with Crippen LogP contribution in [0.25, 0.3) is 0 Å². The molecule has 15 heavy (non-hydrogen) atoms. The number of aryl methyl sites for hydroxylation is 2. The van der Waals surface area contributed by atoms with Crippen LogP contribution in [0.2, 0.25) is 0 Å². The number of carbonyl (C=O) groups excluding carboxylic acids is 1. The van der Waals surface area contributed by atoms with Gasteiger partial charge in [0.25, 0.3) is 5.91 Å². The number of anilines is 1. The highest BCUT2D eigenvalue weighted by atomic mass is 32.1. The van der Waals surface area contributed by atoms with Gasteiger partial charge in [-0.1, -0.05) is 0 Å². The van der Waals surface area contributed by atoms with E-state index in [1.54, 1.807) is 6.20 Å². The number of amides is 1. The van der Waals surface area contributed by atoms with E-state index in [2.05, 4.69) is 15.5 Å². The number of rotatable bonds is 2. The first kappa shape index (κ1) is 9.92. The zero-order chi connectivity index (χ0) is 10.8. The molecule has 2 rings (SSSR count). The van der Waals surface area contributed by atoms with Crippen LogP contribution in [-0.2, 0) is 0 Å². The molecule has 78 valence electrons. The van der Waals surface area contributed by atoms with E-state index in [0.717, 1.165) is 11.1 Å². The fraction of sp³-hybridized carbons (Fsp3) is 0.200. The van der Waals surface area contributed by atoms with Crippen molar-refractivity contribution in [2.75, 3.05) is 5.32 Å². The van der Waals surface area contributed by atoms with E-state index in [1.807, 2.05) is 24.6 Å². The quantitative estimate of drug-likeness (QED) is 0.817. The smallest absolute Gasteiger partial charge is 0.257 e. The monoisotopic (exact) mass is 221 g/mol. The number of aromatic nitrogens is 2. The molecule has 0 saturated heterocycles. The summed E-state index contributed by atoms with van der Waals surface area (Å²) in [6.07, 6.45) is 1.68. The second-order valence-electron chi connectivity index (χ2n) is 3.35. The molecule has 2 N–H and O–H groups in total. The average Bonchev–Trinajstić information content (AvgIpc) is 2.76. The van der Waals surface area contributed by atoms with E-state index >= 15 is 0 Å². The molecule has 0 fully saturated rings. The second kappa shape index (κ2) is 3.86. The van der Waals surface area contributed by atoms with E-state index in [9.17, 15) is 4.79 Å². The van der Waals surface area contributed by atoms with Gasteiger partial charge in [0.2, 0.25) is 0 Å². The van der Waals surface area contributed by atoms with Gasteiger partial charge in [0.15, 0.2) is 0 Å². The summed E-state index contributed by atoms with van der Waals surface area (Å²) in [6.45, 7) is 3.81. The molecule has 0 aromatic carbocycles.